The van der Waals surface area contributed by atoms with E-state index in [0.717, 1.165) is 44.3 Å². The highest BCUT2D eigenvalue weighted by atomic mass is 16.5. The highest BCUT2D eigenvalue weighted by Crippen LogP contribution is 2.31. The third-order valence-corrected chi connectivity index (χ3v) is 5.71. The van der Waals surface area contributed by atoms with Gasteiger partial charge in [0.1, 0.15) is 0 Å². The fraction of sp³-hybridized carbons (Fsp3) is 0.550. The molecule has 6 heteroatoms. The number of ether oxygens (including phenoxy) is 1. The highest BCUT2D eigenvalue weighted by Gasteiger charge is 2.30. The van der Waals surface area contributed by atoms with Crippen LogP contribution in [0.15, 0.2) is 35.4 Å². The van der Waals surface area contributed by atoms with Crippen molar-refractivity contribution in [3.63, 3.8) is 0 Å². The van der Waals surface area contributed by atoms with Gasteiger partial charge in [-0.15, -0.1) is 0 Å². The smallest absolute Gasteiger partial charge is 0.261 e. The van der Waals surface area contributed by atoms with Gasteiger partial charge in [-0.05, 0) is 43.7 Å². The summed E-state index contributed by atoms with van der Waals surface area (Å²) in [5, 5.41) is 0.672. The summed E-state index contributed by atoms with van der Waals surface area (Å²) in [6.07, 6.45) is 5.46. The molecule has 1 aromatic carbocycles. The Kier molecular flexibility index (Phi) is 5.02. The molecule has 1 saturated heterocycles. The van der Waals surface area contributed by atoms with Gasteiger partial charge in [0.05, 0.1) is 30.4 Å². The Morgan fingerprint density at radius 2 is 1.85 bits per heavy atom. The van der Waals surface area contributed by atoms with Gasteiger partial charge in [-0.25, -0.2) is 4.98 Å². The van der Waals surface area contributed by atoms with Gasteiger partial charge < -0.3 is 9.64 Å². The fourth-order valence-electron chi connectivity index (χ4n) is 4.15. The highest BCUT2D eigenvalue weighted by molar-refractivity contribution is 5.79. The number of para-hydroxylation sites is 1. The minimum absolute atomic E-state index is 0.0297. The van der Waals surface area contributed by atoms with Crippen LogP contribution in [0.5, 0.6) is 0 Å². The topological polar surface area (TPSA) is 64.4 Å². The summed E-state index contributed by atoms with van der Waals surface area (Å²) in [6, 6.07) is 7.46. The quantitative estimate of drug-likeness (QED) is 0.845. The van der Waals surface area contributed by atoms with Crippen LogP contribution in [0.1, 0.15) is 25.7 Å². The van der Waals surface area contributed by atoms with E-state index in [2.05, 4.69) is 4.98 Å². The minimum Gasteiger partial charge on any atom is -0.378 e. The number of rotatable bonds is 3. The van der Waals surface area contributed by atoms with E-state index in [9.17, 15) is 9.59 Å². The number of benzene rings is 1. The van der Waals surface area contributed by atoms with Crippen LogP contribution in [0.3, 0.4) is 0 Å². The summed E-state index contributed by atoms with van der Waals surface area (Å²) < 4.78 is 7.06. The molecule has 1 aliphatic carbocycles. The molecule has 138 valence electrons. The van der Waals surface area contributed by atoms with Gasteiger partial charge >= 0.3 is 0 Å². The van der Waals surface area contributed by atoms with E-state index in [-0.39, 0.29) is 17.4 Å². The number of morpholine rings is 1. The van der Waals surface area contributed by atoms with E-state index < -0.39 is 0 Å². The molecular formula is C20H25N3O3. The number of nitrogens with zero attached hydrogens (tertiary/aromatic N) is 3. The van der Waals surface area contributed by atoms with Crippen molar-refractivity contribution in [1.82, 2.24) is 14.5 Å². The normalized spacial score (nSPS) is 23.9. The average Bonchev–Trinajstić information content (AvgIpc) is 2.71. The van der Waals surface area contributed by atoms with Gasteiger partial charge in [0.25, 0.3) is 5.56 Å². The van der Waals surface area contributed by atoms with Gasteiger partial charge in [-0.2, -0.15) is 0 Å². The van der Waals surface area contributed by atoms with Crippen molar-refractivity contribution in [3.05, 3.63) is 40.9 Å². The van der Waals surface area contributed by atoms with Gasteiger partial charge in [-0.3, -0.25) is 14.2 Å². The molecule has 0 radical (unpaired) electrons. The summed E-state index contributed by atoms with van der Waals surface area (Å²) in [7, 11) is 0. The summed E-state index contributed by atoms with van der Waals surface area (Å²) >= 11 is 0. The zero-order valence-corrected chi connectivity index (χ0v) is 15.0. The van der Waals surface area contributed by atoms with E-state index in [4.69, 9.17) is 4.74 Å². The van der Waals surface area contributed by atoms with Crippen LogP contribution < -0.4 is 5.56 Å². The van der Waals surface area contributed by atoms with Crippen LogP contribution in [0, 0.1) is 11.8 Å². The van der Waals surface area contributed by atoms with Crippen molar-refractivity contribution in [2.75, 3.05) is 26.3 Å². The number of aromatic nitrogens is 2. The summed E-state index contributed by atoms with van der Waals surface area (Å²) in [5.74, 6) is 0.858. The Morgan fingerprint density at radius 1 is 1.12 bits per heavy atom. The van der Waals surface area contributed by atoms with Gasteiger partial charge in [-0.1, -0.05) is 12.1 Å². The molecule has 2 aliphatic rings. The lowest BCUT2D eigenvalue weighted by molar-refractivity contribution is -0.141. The summed E-state index contributed by atoms with van der Waals surface area (Å²) in [5.41, 5.74) is 0.774. The first-order valence-corrected chi connectivity index (χ1v) is 9.53. The van der Waals surface area contributed by atoms with E-state index in [0.29, 0.717) is 31.1 Å². The van der Waals surface area contributed by atoms with E-state index in [1.54, 1.807) is 10.9 Å². The summed E-state index contributed by atoms with van der Waals surface area (Å²) in [6.45, 7) is 3.43. The Hall–Kier alpha value is -2.21. The van der Waals surface area contributed by atoms with Crippen molar-refractivity contribution in [1.29, 1.82) is 0 Å². The first-order chi connectivity index (χ1) is 12.7. The van der Waals surface area contributed by atoms with Crippen molar-refractivity contribution >= 4 is 16.8 Å². The lowest BCUT2D eigenvalue weighted by Crippen LogP contribution is -2.44. The second kappa shape index (κ2) is 7.58. The van der Waals surface area contributed by atoms with Crippen LogP contribution in [0.25, 0.3) is 10.9 Å². The standard InChI is InChI=1S/C20H25N3O3/c24-19(22-9-11-26-12-10-22)16-7-5-15(6-8-16)13-23-14-21-18-4-2-1-3-17(18)20(23)25/h1-4,14-16H,5-13H2. The Labute approximate surface area is 152 Å². The molecule has 0 spiro atoms. The molecule has 1 aliphatic heterocycles. The predicted molar refractivity (Wildman–Crippen MR) is 98.9 cm³/mol. The monoisotopic (exact) mass is 355 g/mol. The maximum Gasteiger partial charge on any atom is 0.261 e. The third kappa shape index (κ3) is 3.51. The zero-order chi connectivity index (χ0) is 17.9. The van der Waals surface area contributed by atoms with Crippen LogP contribution in [0.4, 0.5) is 0 Å². The Morgan fingerprint density at radius 3 is 2.62 bits per heavy atom. The predicted octanol–water partition coefficient (Wildman–Crippen LogP) is 2.06. The van der Waals surface area contributed by atoms with Crippen LogP contribution in [-0.4, -0.2) is 46.7 Å². The summed E-state index contributed by atoms with van der Waals surface area (Å²) in [4.78, 5) is 31.6. The van der Waals surface area contributed by atoms with Gasteiger partial charge in [0, 0.05) is 25.6 Å². The van der Waals surface area contributed by atoms with E-state index >= 15 is 0 Å². The number of carbonyl (C=O) groups excluding carboxylic acids is 1. The molecule has 26 heavy (non-hydrogen) atoms. The van der Waals surface area contributed by atoms with Gasteiger partial charge in [0.15, 0.2) is 0 Å². The molecule has 0 bridgehead atoms. The molecule has 1 aromatic heterocycles. The zero-order valence-electron chi connectivity index (χ0n) is 15.0. The largest absolute Gasteiger partial charge is 0.378 e. The average molecular weight is 355 g/mol. The number of carbonyl (C=O) groups is 1. The lowest BCUT2D eigenvalue weighted by Gasteiger charge is -2.34. The molecule has 0 N–H and O–H groups in total. The fourth-order valence-corrected chi connectivity index (χ4v) is 4.15. The molecule has 1 amide bonds. The molecular weight excluding hydrogens is 330 g/mol. The molecule has 2 heterocycles. The molecule has 4 rings (SSSR count). The molecule has 0 atom stereocenters. The SMILES string of the molecule is O=C(C1CCC(Cn2cnc3ccccc3c2=O)CC1)N1CCOCC1. The third-order valence-electron chi connectivity index (χ3n) is 5.71. The second-order valence-corrected chi connectivity index (χ2v) is 7.37. The molecule has 1 saturated carbocycles. The molecule has 6 nitrogen and oxygen atoms in total. The Balaban J connectivity index is 1.37. The molecule has 2 aromatic rings. The van der Waals surface area contributed by atoms with Crippen molar-refractivity contribution in [2.24, 2.45) is 11.8 Å². The van der Waals surface area contributed by atoms with Crippen molar-refractivity contribution in [2.45, 2.75) is 32.2 Å². The molecule has 0 unspecified atom stereocenters. The van der Waals surface area contributed by atoms with E-state index in [1.807, 2.05) is 29.2 Å². The molecule has 2 fully saturated rings. The van der Waals surface area contributed by atoms with Crippen LogP contribution in [-0.2, 0) is 16.1 Å². The van der Waals surface area contributed by atoms with Crippen LogP contribution in [0.2, 0.25) is 0 Å². The van der Waals surface area contributed by atoms with Gasteiger partial charge in [0.2, 0.25) is 5.91 Å². The maximum atomic E-state index is 12.6. The lowest BCUT2D eigenvalue weighted by atomic mass is 9.81. The maximum absolute atomic E-state index is 12.6. The number of hydrogen-bond acceptors (Lipinski definition) is 4. The van der Waals surface area contributed by atoms with Crippen molar-refractivity contribution in [3.8, 4) is 0 Å². The Bertz CT molecular complexity index is 834. The van der Waals surface area contributed by atoms with E-state index in [1.165, 1.54) is 0 Å². The first-order valence-electron chi connectivity index (χ1n) is 9.53. The number of amides is 1. The first kappa shape index (κ1) is 17.2. The minimum atomic E-state index is 0.0297. The van der Waals surface area contributed by atoms with Crippen LogP contribution >= 0.6 is 0 Å². The second-order valence-electron chi connectivity index (χ2n) is 7.37. The number of fused-ring (bicyclic) bond motifs is 1. The number of hydrogen-bond donors (Lipinski definition) is 0. The van der Waals surface area contributed by atoms with Crippen molar-refractivity contribution < 1.29 is 9.53 Å².